The minimum atomic E-state index is -0.885. The summed E-state index contributed by atoms with van der Waals surface area (Å²) in [5.74, 6) is -1.61. The molecule has 1 aliphatic heterocycles. The second-order valence-corrected chi connectivity index (χ2v) is 5.51. The molecule has 2 N–H and O–H groups in total. The molecule has 0 spiro atoms. The van der Waals surface area contributed by atoms with E-state index in [9.17, 15) is 13.6 Å². The molecule has 7 heteroatoms. The summed E-state index contributed by atoms with van der Waals surface area (Å²) in [5.41, 5.74) is 0. The standard InChI is InChI=1S/C13H16F2N2OS.ClH/c14-11-2-1-10(7-12(11)15)19-8-13(18)17-9-3-5-16-6-4-9;/h1-2,7,9,16H,3-6,8H2,(H,17,18);1H. The zero-order chi connectivity index (χ0) is 13.7. The first-order chi connectivity index (χ1) is 9.15. The van der Waals surface area contributed by atoms with E-state index in [0.29, 0.717) is 4.90 Å². The van der Waals surface area contributed by atoms with Crippen molar-refractivity contribution in [1.29, 1.82) is 0 Å². The molecule has 1 amide bonds. The fourth-order valence-corrected chi connectivity index (χ4v) is 2.68. The van der Waals surface area contributed by atoms with Crippen LogP contribution in [0.3, 0.4) is 0 Å². The van der Waals surface area contributed by atoms with Gasteiger partial charge in [-0.15, -0.1) is 24.2 Å². The zero-order valence-corrected chi connectivity index (χ0v) is 12.5. The molecule has 1 saturated heterocycles. The molecule has 3 nitrogen and oxygen atoms in total. The predicted molar refractivity (Wildman–Crippen MR) is 78.4 cm³/mol. The van der Waals surface area contributed by atoms with Crippen molar-refractivity contribution in [1.82, 2.24) is 10.6 Å². The highest BCUT2D eigenvalue weighted by atomic mass is 35.5. The van der Waals surface area contributed by atoms with E-state index in [-0.39, 0.29) is 30.1 Å². The Morgan fingerprint density at radius 3 is 2.65 bits per heavy atom. The predicted octanol–water partition coefficient (Wildman–Crippen LogP) is 2.35. The number of benzene rings is 1. The molecule has 1 aromatic rings. The molecule has 20 heavy (non-hydrogen) atoms. The number of carbonyl (C=O) groups excluding carboxylic acids is 1. The summed E-state index contributed by atoms with van der Waals surface area (Å²) >= 11 is 1.21. The van der Waals surface area contributed by atoms with Crippen molar-refractivity contribution in [2.45, 2.75) is 23.8 Å². The third kappa shape index (κ3) is 5.26. The Bertz CT molecular complexity index is 456. The van der Waals surface area contributed by atoms with E-state index in [1.54, 1.807) is 0 Å². The Balaban J connectivity index is 0.00000200. The summed E-state index contributed by atoms with van der Waals surface area (Å²) in [6.07, 6.45) is 1.86. The summed E-state index contributed by atoms with van der Waals surface area (Å²) in [6, 6.07) is 3.88. The minimum absolute atomic E-state index is 0. The molecule has 1 fully saturated rings. The molecule has 0 aliphatic carbocycles. The molecule has 2 rings (SSSR count). The molecule has 1 aromatic carbocycles. The molecule has 0 saturated carbocycles. The number of nitrogens with one attached hydrogen (secondary N) is 2. The molecule has 0 atom stereocenters. The van der Waals surface area contributed by atoms with E-state index in [1.165, 1.54) is 17.8 Å². The van der Waals surface area contributed by atoms with Crippen LogP contribution in [0.1, 0.15) is 12.8 Å². The summed E-state index contributed by atoms with van der Waals surface area (Å²) in [5, 5.41) is 6.17. The van der Waals surface area contributed by atoms with Gasteiger partial charge < -0.3 is 10.6 Å². The van der Waals surface area contributed by atoms with E-state index in [2.05, 4.69) is 10.6 Å². The molecule has 0 aromatic heterocycles. The minimum Gasteiger partial charge on any atom is -0.353 e. The van der Waals surface area contributed by atoms with Gasteiger partial charge in [-0.3, -0.25) is 4.79 Å². The van der Waals surface area contributed by atoms with Crippen molar-refractivity contribution < 1.29 is 13.6 Å². The molecule has 0 radical (unpaired) electrons. The average Bonchev–Trinajstić information content (AvgIpc) is 2.41. The molecular formula is C13H17ClF2N2OS. The highest BCUT2D eigenvalue weighted by Crippen LogP contribution is 2.20. The molecule has 1 heterocycles. The van der Waals surface area contributed by atoms with Crippen LogP contribution in [-0.4, -0.2) is 30.8 Å². The van der Waals surface area contributed by atoms with Gasteiger partial charge in [0.25, 0.3) is 0 Å². The van der Waals surface area contributed by atoms with Gasteiger partial charge in [-0.1, -0.05) is 0 Å². The zero-order valence-electron chi connectivity index (χ0n) is 10.8. The van der Waals surface area contributed by atoms with Crippen LogP contribution in [0.15, 0.2) is 23.1 Å². The second-order valence-electron chi connectivity index (χ2n) is 4.46. The van der Waals surface area contributed by atoms with E-state index >= 15 is 0 Å². The maximum Gasteiger partial charge on any atom is 0.230 e. The second kappa shape index (κ2) is 8.44. The van der Waals surface area contributed by atoms with Crippen molar-refractivity contribution in [3.63, 3.8) is 0 Å². The van der Waals surface area contributed by atoms with Crippen LogP contribution in [0, 0.1) is 11.6 Å². The number of carbonyl (C=O) groups is 1. The summed E-state index contributed by atoms with van der Waals surface area (Å²) in [6.45, 7) is 1.84. The van der Waals surface area contributed by atoms with Crippen molar-refractivity contribution in [3.8, 4) is 0 Å². The van der Waals surface area contributed by atoms with Crippen LogP contribution in [-0.2, 0) is 4.79 Å². The Kier molecular flexibility index (Phi) is 7.26. The smallest absolute Gasteiger partial charge is 0.230 e. The summed E-state index contributed by atoms with van der Waals surface area (Å²) in [7, 11) is 0. The maximum atomic E-state index is 13.0. The van der Waals surface area contributed by atoms with Crippen molar-refractivity contribution in [2.24, 2.45) is 0 Å². The number of rotatable bonds is 4. The van der Waals surface area contributed by atoms with Crippen molar-refractivity contribution >= 4 is 30.1 Å². The van der Waals surface area contributed by atoms with Gasteiger partial charge in [0.1, 0.15) is 0 Å². The third-order valence-corrected chi connectivity index (χ3v) is 3.96. The average molecular weight is 323 g/mol. The Morgan fingerprint density at radius 1 is 1.30 bits per heavy atom. The van der Waals surface area contributed by atoms with Crippen LogP contribution in [0.2, 0.25) is 0 Å². The Hall–Kier alpha value is -0.850. The number of amides is 1. The fourth-order valence-electron chi connectivity index (χ4n) is 1.95. The van der Waals surface area contributed by atoms with Gasteiger partial charge in [0.2, 0.25) is 5.91 Å². The number of hydrogen-bond donors (Lipinski definition) is 2. The first-order valence-corrected chi connectivity index (χ1v) is 7.21. The number of hydrogen-bond acceptors (Lipinski definition) is 3. The van der Waals surface area contributed by atoms with Gasteiger partial charge in [-0.25, -0.2) is 8.78 Å². The van der Waals surface area contributed by atoms with Gasteiger partial charge in [-0.05, 0) is 44.1 Å². The van der Waals surface area contributed by atoms with E-state index < -0.39 is 11.6 Å². The van der Waals surface area contributed by atoms with Crippen LogP contribution in [0.4, 0.5) is 8.78 Å². The largest absolute Gasteiger partial charge is 0.353 e. The topological polar surface area (TPSA) is 41.1 Å². The van der Waals surface area contributed by atoms with E-state index in [4.69, 9.17) is 0 Å². The maximum absolute atomic E-state index is 13.0. The van der Waals surface area contributed by atoms with Gasteiger partial charge in [-0.2, -0.15) is 0 Å². The molecule has 0 bridgehead atoms. The van der Waals surface area contributed by atoms with Crippen LogP contribution in [0.5, 0.6) is 0 Å². The van der Waals surface area contributed by atoms with Crippen molar-refractivity contribution in [2.75, 3.05) is 18.8 Å². The molecule has 0 unspecified atom stereocenters. The van der Waals surface area contributed by atoms with E-state index in [1.807, 2.05) is 0 Å². The number of halogens is 3. The fraction of sp³-hybridized carbons (Fsp3) is 0.462. The van der Waals surface area contributed by atoms with Gasteiger partial charge >= 0.3 is 0 Å². The third-order valence-electron chi connectivity index (χ3n) is 2.97. The SMILES string of the molecule is Cl.O=C(CSc1ccc(F)c(F)c1)NC1CCNCC1. The lowest BCUT2D eigenvalue weighted by Crippen LogP contribution is -2.43. The Labute approximate surface area is 127 Å². The number of thioether (sulfide) groups is 1. The normalized spacial score (nSPS) is 15.5. The summed E-state index contributed by atoms with van der Waals surface area (Å²) in [4.78, 5) is 12.3. The quantitative estimate of drug-likeness (QED) is 0.836. The molecular weight excluding hydrogens is 306 g/mol. The first-order valence-electron chi connectivity index (χ1n) is 6.23. The monoisotopic (exact) mass is 322 g/mol. The lowest BCUT2D eigenvalue weighted by molar-refractivity contribution is -0.119. The molecule has 1 aliphatic rings. The van der Waals surface area contributed by atoms with Crippen molar-refractivity contribution in [3.05, 3.63) is 29.8 Å². The van der Waals surface area contributed by atoms with Gasteiger partial charge in [0.05, 0.1) is 5.75 Å². The highest BCUT2D eigenvalue weighted by molar-refractivity contribution is 8.00. The molecule has 112 valence electrons. The van der Waals surface area contributed by atoms with Crippen LogP contribution >= 0.6 is 24.2 Å². The number of piperidine rings is 1. The van der Waals surface area contributed by atoms with Gasteiger partial charge in [0, 0.05) is 10.9 Å². The Morgan fingerprint density at radius 2 is 2.00 bits per heavy atom. The highest BCUT2D eigenvalue weighted by Gasteiger charge is 2.15. The van der Waals surface area contributed by atoms with Gasteiger partial charge in [0.15, 0.2) is 11.6 Å². The van der Waals surface area contributed by atoms with E-state index in [0.717, 1.165) is 38.1 Å². The van der Waals surface area contributed by atoms with Crippen LogP contribution < -0.4 is 10.6 Å². The lowest BCUT2D eigenvalue weighted by Gasteiger charge is -2.23. The first kappa shape index (κ1) is 17.2. The van der Waals surface area contributed by atoms with Crippen LogP contribution in [0.25, 0.3) is 0 Å². The lowest BCUT2D eigenvalue weighted by atomic mass is 10.1. The summed E-state index contributed by atoms with van der Waals surface area (Å²) < 4.78 is 25.7.